The number of aryl methyl sites for hydroxylation is 1. The van der Waals surface area contributed by atoms with Gasteiger partial charge in [-0.05, 0) is 0 Å². The molecule has 1 aromatic carbocycles. The third kappa shape index (κ3) is 1.62. The maximum absolute atomic E-state index is 2.18. The molecule has 0 N–H and O–H groups in total. The molecule has 0 saturated heterocycles. The summed E-state index contributed by atoms with van der Waals surface area (Å²) in [6.07, 6.45) is 0. The van der Waals surface area contributed by atoms with E-state index in [1.165, 1.54) is 36.3 Å². The van der Waals surface area contributed by atoms with Crippen molar-refractivity contribution in [1.29, 1.82) is 0 Å². The van der Waals surface area contributed by atoms with E-state index in [0.29, 0.717) is 0 Å². The van der Waals surface area contributed by atoms with Gasteiger partial charge in [0.2, 0.25) is 0 Å². The Morgan fingerprint density at radius 1 is 1.12 bits per heavy atom. The fraction of sp³-hybridized carbons (Fsp3) is 0.143. The van der Waals surface area contributed by atoms with Crippen LogP contribution in [0.15, 0.2) is 24.3 Å². The molecule has 0 bridgehead atoms. The van der Waals surface area contributed by atoms with Crippen molar-refractivity contribution in [3.05, 3.63) is 29.8 Å². The molecule has 1 heteroatoms. The number of hydrogen-bond donors (Lipinski definition) is 0. The summed E-state index contributed by atoms with van der Waals surface area (Å²) in [5, 5.41) is 0. The van der Waals surface area contributed by atoms with Gasteiger partial charge in [-0.1, -0.05) is 0 Å². The fourth-order valence-electron chi connectivity index (χ4n) is 0.637. The second-order valence-corrected chi connectivity index (χ2v) is 3.31. The maximum atomic E-state index is 2.18. The third-order valence-electron chi connectivity index (χ3n) is 1.22. The SMILES string of the molecule is Cc1cc[c]([Na])cc1. The van der Waals surface area contributed by atoms with Gasteiger partial charge < -0.3 is 0 Å². The topological polar surface area (TPSA) is 0 Å². The molecule has 0 aliphatic heterocycles. The Morgan fingerprint density at radius 3 is 2.00 bits per heavy atom. The first-order valence-corrected chi connectivity index (χ1v) is 3.82. The van der Waals surface area contributed by atoms with Crippen molar-refractivity contribution in [2.24, 2.45) is 0 Å². The summed E-state index contributed by atoms with van der Waals surface area (Å²) in [4.78, 5) is 0. The Balaban J connectivity index is 3.03. The van der Waals surface area contributed by atoms with Gasteiger partial charge in [-0.3, -0.25) is 0 Å². The molecule has 8 heavy (non-hydrogen) atoms. The Kier molecular flexibility index (Phi) is 2.12. The molecule has 1 aromatic rings. The van der Waals surface area contributed by atoms with Crippen molar-refractivity contribution in [3.8, 4) is 0 Å². The zero-order valence-corrected chi connectivity index (χ0v) is 7.31. The van der Waals surface area contributed by atoms with E-state index < -0.39 is 0 Å². The van der Waals surface area contributed by atoms with Gasteiger partial charge in [0, 0.05) is 0 Å². The molecule has 0 fully saturated rings. The zero-order chi connectivity index (χ0) is 5.98. The molecule has 0 aromatic heterocycles. The molecule has 0 spiro atoms. The van der Waals surface area contributed by atoms with E-state index >= 15 is 0 Å². The fourth-order valence-corrected chi connectivity index (χ4v) is 0.970. The minimum atomic E-state index is 1.17. The summed E-state index contributed by atoms with van der Waals surface area (Å²) < 4.78 is 1.47. The van der Waals surface area contributed by atoms with Crippen LogP contribution in [0.25, 0.3) is 0 Å². The third-order valence-corrected chi connectivity index (χ3v) is 1.88. The molecular formula is C7H7Na. The summed E-state index contributed by atoms with van der Waals surface area (Å²) in [6.45, 7) is 2.11. The van der Waals surface area contributed by atoms with E-state index in [2.05, 4.69) is 31.2 Å². The molecule has 0 atom stereocenters. The van der Waals surface area contributed by atoms with Crippen molar-refractivity contribution in [1.82, 2.24) is 0 Å². The van der Waals surface area contributed by atoms with E-state index in [-0.39, 0.29) is 0 Å². The molecule has 0 aliphatic carbocycles. The Morgan fingerprint density at radius 2 is 1.62 bits per heavy atom. The standard InChI is InChI=1S/C7H7.Na/c1-7-5-3-2-4-6-7;/h3-6H,1H3;. The van der Waals surface area contributed by atoms with Gasteiger partial charge in [0.15, 0.2) is 0 Å². The van der Waals surface area contributed by atoms with Crippen molar-refractivity contribution in [2.45, 2.75) is 6.92 Å². The first-order valence-electron chi connectivity index (χ1n) is 2.82. The van der Waals surface area contributed by atoms with Crippen LogP contribution in [-0.4, -0.2) is 27.9 Å². The first-order chi connectivity index (χ1) is 3.79. The van der Waals surface area contributed by atoms with Crippen molar-refractivity contribution < 1.29 is 0 Å². The summed E-state index contributed by atoms with van der Waals surface area (Å²) in [7, 11) is 0. The van der Waals surface area contributed by atoms with Gasteiger partial charge in [-0.2, -0.15) is 0 Å². The van der Waals surface area contributed by atoms with Crippen molar-refractivity contribution in [2.75, 3.05) is 0 Å². The van der Waals surface area contributed by atoms with Crippen LogP contribution in [0, 0.1) is 6.92 Å². The summed E-state index contributed by atoms with van der Waals surface area (Å²) in [5.41, 5.74) is 1.35. The Hall–Kier alpha value is 0.220. The normalized spacial score (nSPS) is 9.38. The number of rotatable bonds is 0. The quantitative estimate of drug-likeness (QED) is 0.437. The summed E-state index contributed by atoms with van der Waals surface area (Å²) in [5.74, 6) is 0. The number of benzene rings is 1. The number of hydrogen-bond acceptors (Lipinski definition) is 0. The first kappa shape index (κ1) is 6.34. The summed E-state index contributed by atoms with van der Waals surface area (Å²) in [6, 6.07) is 8.67. The van der Waals surface area contributed by atoms with Crippen LogP contribution in [0.2, 0.25) is 0 Å². The van der Waals surface area contributed by atoms with Crippen LogP contribution in [0.4, 0.5) is 0 Å². The van der Waals surface area contributed by atoms with Gasteiger partial charge in [-0.25, -0.2) is 0 Å². The van der Waals surface area contributed by atoms with E-state index in [0.717, 1.165) is 0 Å². The summed E-state index contributed by atoms with van der Waals surface area (Å²) >= 11 is 1.17. The van der Waals surface area contributed by atoms with Crippen LogP contribution in [0.3, 0.4) is 0 Å². The van der Waals surface area contributed by atoms with E-state index in [1.54, 1.807) is 0 Å². The molecule has 0 nitrogen and oxygen atoms in total. The van der Waals surface area contributed by atoms with E-state index in [4.69, 9.17) is 0 Å². The molecule has 0 unspecified atom stereocenters. The predicted octanol–water partition coefficient (Wildman–Crippen LogP) is 0.789. The van der Waals surface area contributed by atoms with Crippen molar-refractivity contribution in [3.63, 3.8) is 0 Å². The molecule has 0 heterocycles. The second kappa shape index (κ2) is 2.67. The Bertz CT molecular complexity index is 143. The van der Waals surface area contributed by atoms with Crippen LogP contribution in [0.5, 0.6) is 0 Å². The minimum absolute atomic E-state index is 1.17. The van der Waals surface area contributed by atoms with Crippen LogP contribution >= 0.6 is 0 Å². The van der Waals surface area contributed by atoms with Gasteiger partial charge in [0.05, 0.1) is 0 Å². The van der Waals surface area contributed by atoms with Gasteiger partial charge in [0.25, 0.3) is 0 Å². The van der Waals surface area contributed by atoms with E-state index in [1.807, 2.05) is 0 Å². The van der Waals surface area contributed by atoms with Gasteiger partial charge >= 0.3 is 67.5 Å². The zero-order valence-electron chi connectivity index (χ0n) is 5.31. The molecule has 1 rings (SSSR count). The van der Waals surface area contributed by atoms with Crippen molar-refractivity contribution >= 4 is 30.7 Å². The Labute approximate surface area is 67.3 Å². The molecule has 0 radical (unpaired) electrons. The second-order valence-electron chi connectivity index (χ2n) is 2.15. The predicted molar refractivity (Wildman–Crippen MR) is 36.6 cm³/mol. The van der Waals surface area contributed by atoms with Gasteiger partial charge in [-0.15, -0.1) is 0 Å². The molecule has 36 valence electrons. The average Bonchev–Trinajstić information content (AvgIpc) is 1.77. The van der Waals surface area contributed by atoms with Crippen LogP contribution in [0.1, 0.15) is 5.56 Å². The van der Waals surface area contributed by atoms with Crippen LogP contribution < -0.4 is 2.81 Å². The molecular weight excluding hydrogens is 107 g/mol. The van der Waals surface area contributed by atoms with Crippen LogP contribution in [-0.2, 0) is 0 Å². The van der Waals surface area contributed by atoms with E-state index in [9.17, 15) is 0 Å². The van der Waals surface area contributed by atoms with Gasteiger partial charge in [0.1, 0.15) is 0 Å². The average molecular weight is 114 g/mol. The molecule has 0 amide bonds. The monoisotopic (exact) mass is 114 g/mol. The molecule has 0 aliphatic rings. The molecule has 0 saturated carbocycles.